The van der Waals surface area contributed by atoms with E-state index in [2.05, 4.69) is 20.5 Å². The Bertz CT molecular complexity index is 488. The molecule has 7 heteroatoms. The zero-order chi connectivity index (χ0) is 15.5. The smallest absolute Gasteiger partial charge is 0.308 e. The van der Waals surface area contributed by atoms with E-state index < -0.39 is 17.8 Å². The number of nitrogens with one attached hydrogen (secondary N) is 2. The number of carbonyl (C=O) groups excluding carboxylic acids is 1. The number of aliphatic carboxylic acids is 1. The Balaban J connectivity index is 2.68. The van der Waals surface area contributed by atoms with E-state index in [4.69, 9.17) is 5.11 Å². The summed E-state index contributed by atoms with van der Waals surface area (Å²) in [6.07, 6.45) is 0. The van der Waals surface area contributed by atoms with Gasteiger partial charge in [-0.2, -0.15) is 0 Å². The highest BCUT2D eigenvalue weighted by Gasteiger charge is 2.24. The molecule has 0 radical (unpaired) electrons. The van der Waals surface area contributed by atoms with Gasteiger partial charge in [0.25, 0.3) is 5.91 Å². The highest BCUT2D eigenvalue weighted by molar-refractivity contribution is 5.90. The second kappa shape index (κ2) is 6.02. The van der Waals surface area contributed by atoms with Gasteiger partial charge >= 0.3 is 5.97 Å². The fraction of sp³-hybridized carbons (Fsp3) is 0.692. The lowest BCUT2D eigenvalue weighted by Crippen LogP contribution is -2.36. The Morgan fingerprint density at radius 2 is 1.95 bits per heavy atom. The highest BCUT2D eigenvalue weighted by Crippen LogP contribution is 2.17. The van der Waals surface area contributed by atoms with Crippen molar-refractivity contribution in [2.45, 2.75) is 40.0 Å². The summed E-state index contributed by atoms with van der Waals surface area (Å²) in [6.45, 7) is 9.52. The molecule has 1 heterocycles. The van der Waals surface area contributed by atoms with Gasteiger partial charge in [0.15, 0.2) is 0 Å². The summed E-state index contributed by atoms with van der Waals surface area (Å²) in [7, 11) is 0. The summed E-state index contributed by atoms with van der Waals surface area (Å²) in [6, 6.07) is 0. The first-order chi connectivity index (χ1) is 9.12. The first-order valence-electron chi connectivity index (χ1n) is 6.56. The van der Waals surface area contributed by atoms with Crippen LogP contribution in [0.15, 0.2) is 0 Å². The number of aromatic nitrogens is 3. The molecule has 112 valence electrons. The Hall–Kier alpha value is -1.92. The number of hydrogen-bond acceptors (Lipinski definition) is 4. The molecule has 1 amide bonds. The van der Waals surface area contributed by atoms with Crippen LogP contribution >= 0.6 is 0 Å². The van der Waals surface area contributed by atoms with Crippen molar-refractivity contribution < 1.29 is 14.7 Å². The summed E-state index contributed by atoms with van der Waals surface area (Å²) in [5.41, 5.74) is -0.229. The van der Waals surface area contributed by atoms with Crippen LogP contribution < -0.4 is 5.32 Å². The van der Waals surface area contributed by atoms with Gasteiger partial charge in [-0.3, -0.25) is 14.7 Å². The van der Waals surface area contributed by atoms with Gasteiger partial charge in [0, 0.05) is 12.0 Å². The van der Waals surface area contributed by atoms with Gasteiger partial charge in [-0.25, -0.2) is 4.98 Å². The van der Waals surface area contributed by atoms with Crippen LogP contribution in [0.4, 0.5) is 0 Å². The van der Waals surface area contributed by atoms with Crippen LogP contribution in [0.1, 0.15) is 51.1 Å². The lowest BCUT2D eigenvalue weighted by molar-refractivity contribution is -0.142. The lowest BCUT2D eigenvalue weighted by atomic mass is 9.96. The highest BCUT2D eigenvalue weighted by atomic mass is 16.4. The normalized spacial score (nSPS) is 13.3. The molecule has 3 N–H and O–H groups in total. The van der Waals surface area contributed by atoms with E-state index in [0.29, 0.717) is 5.82 Å². The van der Waals surface area contributed by atoms with Crippen LogP contribution in [0.25, 0.3) is 0 Å². The number of hydrogen-bond donors (Lipinski definition) is 3. The molecule has 0 saturated heterocycles. The third-order valence-corrected chi connectivity index (χ3v) is 3.00. The van der Waals surface area contributed by atoms with Crippen molar-refractivity contribution in [1.82, 2.24) is 20.5 Å². The van der Waals surface area contributed by atoms with Gasteiger partial charge in [-0.1, -0.05) is 34.6 Å². The molecule has 7 nitrogen and oxygen atoms in total. The molecule has 1 aromatic heterocycles. The molecule has 0 aliphatic rings. The SMILES string of the molecule is CC(C)C(CNC(=O)c1n[nH]c(C(C)(C)C)n1)C(=O)O. The average Bonchev–Trinajstić information content (AvgIpc) is 2.76. The molecule has 1 aromatic rings. The molecule has 0 aromatic carbocycles. The average molecular weight is 282 g/mol. The molecule has 0 saturated carbocycles. The summed E-state index contributed by atoms with van der Waals surface area (Å²) in [5, 5.41) is 18.2. The minimum Gasteiger partial charge on any atom is -0.481 e. The zero-order valence-corrected chi connectivity index (χ0v) is 12.5. The van der Waals surface area contributed by atoms with E-state index in [-0.39, 0.29) is 23.7 Å². The second-order valence-corrected chi connectivity index (χ2v) is 6.16. The fourth-order valence-electron chi connectivity index (χ4n) is 1.59. The minimum absolute atomic E-state index is 0.0304. The molecular formula is C13H22N4O3. The molecule has 0 aliphatic carbocycles. The van der Waals surface area contributed by atoms with Gasteiger partial charge in [-0.15, -0.1) is 5.10 Å². The number of amides is 1. The largest absolute Gasteiger partial charge is 0.481 e. The van der Waals surface area contributed by atoms with Crippen molar-refractivity contribution in [3.05, 3.63) is 11.6 Å². The quantitative estimate of drug-likeness (QED) is 0.751. The van der Waals surface area contributed by atoms with Gasteiger partial charge in [0.2, 0.25) is 5.82 Å². The van der Waals surface area contributed by atoms with Crippen LogP contribution in [0.3, 0.4) is 0 Å². The van der Waals surface area contributed by atoms with E-state index in [0.717, 1.165) is 0 Å². The van der Waals surface area contributed by atoms with Gasteiger partial charge in [0.05, 0.1) is 5.92 Å². The standard InChI is InChI=1S/C13H22N4O3/c1-7(2)8(11(19)20)6-14-10(18)9-15-12(17-16-9)13(3,4)5/h7-8H,6H2,1-5H3,(H,14,18)(H,19,20)(H,15,16,17). The topological polar surface area (TPSA) is 108 Å². The molecule has 1 rings (SSSR count). The van der Waals surface area contributed by atoms with Gasteiger partial charge in [0.1, 0.15) is 5.82 Å². The summed E-state index contributed by atoms with van der Waals surface area (Å²) in [4.78, 5) is 27.0. The summed E-state index contributed by atoms with van der Waals surface area (Å²) in [5.74, 6) is -1.44. The number of carbonyl (C=O) groups is 2. The molecule has 1 unspecified atom stereocenters. The van der Waals surface area contributed by atoms with Crippen LogP contribution in [0.5, 0.6) is 0 Å². The monoisotopic (exact) mass is 282 g/mol. The first-order valence-corrected chi connectivity index (χ1v) is 6.56. The van der Waals surface area contributed by atoms with Crippen molar-refractivity contribution in [3.63, 3.8) is 0 Å². The maximum atomic E-state index is 11.9. The van der Waals surface area contributed by atoms with E-state index in [1.807, 2.05) is 20.8 Å². The van der Waals surface area contributed by atoms with E-state index in [9.17, 15) is 9.59 Å². The van der Waals surface area contributed by atoms with Gasteiger partial charge in [-0.05, 0) is 5.92 Å². The molecule has 0 aliphatic heterocycles. The van der Waals surface area contributed by atoms with Crippen LogP contribution in [0.2, 0.25) is 0 Å². The third kappa shape index (κ3) is 4.04. The predicted molar refractivity (Wildman–Crippen MR) is 73.4 cm³/mol. The third-order valence-electron chi connectivity index (χ3n) is 3.00. The van der Waals surface area contributed by atoms with Gasteiger partial charge < -0.3 is 10.4 Å². The van der Waals surface area contributed by atoms with Crippen LogP contribution in [0, 0.1) is 11.8 Å². The number of H-pyrrole nitrogens is 1. The Kier molecular flexibility index (Phi) is 4.86. The van der Waals surface area contributed by atoms with Crippen LogP contribution in [-0.2, 0) is 10.2 Å². The zero-order valence-electron chi connectivity index (χ0n) is 12.5. The summed E-state index contributed by atoms with van der Waals surface area (Å²) >= 11 is 0. The Morgan fingerprint density at radius 3 is 2.35 bits per heavy atom. The molecular weight excluding hydrogens is 260 g/mol. The second-order valence-electron chi connectivity index (χ2n) is 6.16. The molecule has 1 atom stereocenters. The Morgan fingerprint density at radius 1 is 1.35 bits per heavy atom. The number of carboxylic acids is 1. The van der Waals surface area contributed by atoms with Crippen molar-refractivity contribution in [1.29, 1.82) is 0 Å². The lowest BCUT2D eigenvalue weighted by Gasteiger charge is -2.16. The number of aromatic amines is 1. The first kappa shape index (κ1) is 16.1. The van der Waals surface area contributed by atoms with Crippen molar-refractivity contribution in [3.8, 4) is 0 Å². The van der Waals surface area contributed by atoms with Crippen molar-refractivity contribution in [2.24, 2.45) is 11.8 Å². The molecule has 0 bridgehead atoms. The van der Waals surface area contributed by atoms with E-state index >= 15 is 0 Å². The Labute approximate surface area is 118 Å². The van der Waals surface area contributed by atoms with Crippen molar-refractivity contribution >= 4 is 11.9 Å². The fourth-order valence-corrected chi connectivity index (χ4v) is 1.59. The summed E-state index contributed by atoms with van der Waals surface area (Å²) < 4.78 is 0. The number of carboxylic acid groups (broad SMARTS) is 1. The number of rotatable bonds is 5. The van der Waals surface area contributed by atoms with E-state index in [1.165, 1.54) is 0 Å². The van der Waals surface area contributed by atoms with Crippen LogP contribution in [-0.4, -0.2) is 38.7 Å². The molecule has 20 heavy (non-hydrogen) atoms. The molecule has 0 spiro atoms. The maximum absolute atomic E-state index is 11.9. The number of nitrogens with zero attached hydrogens (tertiary/aromatic N) is 2. The predicted octanol–water partition coefficient (Wildman–Crippen LogP) is 1.19. The van der Waals surface area contributed by atoms with Crippen molar-refractivity contribution in [2.75, 3.05) is 6.54 Å². The minimum atomic E-state index is -0.925. The maximum Gasteiger partial charge on any atom is 0.308 e. The van der Waals surface area contributed by atoms with E-state index in [1.54, 1.807) is 13.8 Å². The molecule has 0 fully saturated rings.